The van der Waals surface area contributed by atoms with Gasteiger partial charge in [-0.3, -0.25) is 4.21 Å². The standard InChI is InChI=1S/C19H21NO4S/c1-12-11-16-15(19(22)23)5-3-4-10-20(16)17(12)18(21)13-6-8-14(9-7-13)25(2)24/h6-9,11,21H,3-5,10H2,1-2H3,(H,22,23). The number of carbonyl (C=O) groups is 1. The van der Waals surface area contributed by atoms with Crippen LogP contribution in [-0.2, 0) is 22.1 Å². The monoisotopic (exact) mass is 359 g/mol. The van der Waals surface area contributed by atoms with Crippen LogP contribution in [0, 0.1) is 6.92 Å². The number of hydrogen-bond donors (Lipinski definition) is 2. The molecule has 25 heavy (non-hydrogen) atoms. The molecule has 1 atom stereocenters. The average molecular weight is 359 g/mol. The highest BCUT2D eigenvalue weighted by molar-refractivity contribution is 7.84. The Labute approximate surface area is 148 Å². The van der Waals surface area contributed by atoms with Gasteiger partial charge in [0.2, 0.25) is 0 Å². The van der Waals surface area contributed by atoms with Gasteiger partial charge in [-0.25, -0.2) is 4.79 Å². The van der Waals surface area contributed by atoms with Crippen LogP contribution < -0.4 is 10.7 Å². The molecule has 2 heterocycles. The number of aromatic nitrogens is 1. The minimum Gasteiger partial charge on any atom is -0.505 e. The minimum absolute atomic E-state index is 0.115. The molecule has 2 aromatic rings. The third-order valence-electron chi connectivity index (χ3n) is 4.60. The smallest absolute Gasteiger partial charge is 0.333 e. The Bertz CT molecular complexity index is 970. The molecule has 132 valence electrons. The number of rotatable bonds is 3. The predicted molar refractivity (Wildman–Crippen MR) is 97.2 cm³/mol. The van der Waals surface area contributed by atoms with E-state index in [0.29, 0.717) is 39.7 Å². The summed E-state index contributed by atoms with van der Waals surface area (Å²) in [5.74, 6) is -0.787. The largest absolute Gasteiger partial charge is 0.505 e. The molecule has 3 rings (SSSR count). The minimum atomic E-state index is -1.07. The molecule has 1 unspecified atom stereocenters. The van der Waals surface area contributed by atoms with Crippen molar-refractivity contribution < 1.29 is 19.2 Å². The Morgan fingerprint density at radius 3 is 2.44 bits per heavy atom. The van der Waals surface area contributed by atoms with Crippen LogP contribution in [0.3, 0.4) is 0 Å². The molecule has 0 radical (unpaired) electrons. The second-order valence-corrected chi connectivity index (χ2v) is 7.66. The van der Waals surface area contributed by atoms with Gasteiger partial charge in [-0.2, -0.15) is 0 Å². The lowest BCUT2D eigenvalue weighted by molar-refractivity contribution is -0.130. The van der Waals surface area contributed by atoms with E-state index in [-0.39, 0.29) is 5.76 Å². The molecule has 1 aromatic heterocycles. The topological polar surface area (TPSA) is 79.5 Å². The van der Waals surface area contributed by atoms with Crippen LogP contribution in [0.25, 0.3) is 11.3 Å². The number of aliphatic hydroxyl groups excluding tert-OH is 1. The Kier molecular flexibility index (Phi) is 4.81. The SMILES string of the molecule is Cc1cc2n(c1=C(O)c1ccc(S(C)=O)cc1)CCCCC=2C(=O)O. The number of hydrogen-bond acceptors (Lipinski definition) is 3. The highest BCUT2D eigenvalue weighted by Crippen LogP contribution is 2.15. The fourth-order valence-electron chi connectivity index (χ4n) is 3.34. The number of carboxylic acid groups (broad SMARTS) is 1. The molecular formula is C19H21NO4S. The van der Waals surface area contributed by atoms with Crippen molar-refractivity contribution in [3.05, 3.63) is 52.2 Å². The quantitative estimate of drug-likeness (QED) is 0.874. The summed E-state index contributed by atoms with van der Waals surface area (Å²) in [5.41, 5.74) is 1.87. The van der Waals surface area contributed by atoms with Crippen LogP contribution in [0.1, 0.15) is 30.4 Å². The van der Waals surface area contributed by atoms with Crippen LogP contribution in [-0.4, -0.2) is 31.2 Å². The van der Waals surface area contributed by atoms with E-state index < -0.39 is 16.8 Å². The molecule has 1 aromatic carbocycles. The van der Waals surface area contributed by atoms with Gasteiger partial charge in [-0.05, 0) is 62.1 Å². The van der Waals surface area contributed by atoms with Crippen LogP contribution >= 0.6 is 0 Å². The van der Waals surface area contributed by atoms with Gasteiger partial charge in [0.05, 0.1) is 16.3 Å². The summed E-state index contributed by atoms with van der Waals surface area (Å²) in [6.07, 6.45) is 3.83. The van der Waals surface area contributed by atoms with Crippen LogP contribution in [0.2, 0.25) is 0 Å². The number of fused-ring (bicyclic) bond motifs is 1. The van der Waals surface area contributed by atoms with E-state index in [4.69, 9.17) is 0 Å². The van der Waals surface area contributed by atoms with Gasteiger partial charge in [0.1, 0.15) is 5.76 Å². The lowest BCUT2D eigenvalue weighted by Gasteiger charge is -2.07. The Hall–Kier alpha value is -2.34. The summed E-state index contributed by atoms with van der Waals surface area (Å²) in [5, 5.41) is 21.7. The summed E-state index contributed by atoms with van der Waals surface area (Å²) in [4.78, 5) is 12.3. The molecule has 0 saturated heterocycles. The maximum Gasteiger partial charge on any atom is 0.333 e. The molecule has 0 aliphatic carbocycles. The molecule has 1 aliphatic heterocycles. The van der Waals surface area contributed by atoms with Crippen molar-refractivity contribution in [2.45, 2.75) is 37.6 Å². The summed E-state index contributed by atoms with van der Waals surface area (Å²) < 4.78 is 13.4. The first-order chi connectivity index (χ1) is 11.9. The first-order valence-electron chi connectivity index (χ1n) is 8.20. The number of nitrogens with zero attached hydrogens (tertiary/aromatic N) is 1. The van der Waals surface area contributed by atoms with Crippen molar-refractivity contribution in [2.24, 2.45) is 0 Å². The van der Waals surface area contributed by atoms with E-state index in [1.807, 2.05) is 17.6 Å². The third-order valence-corrected chi connectivity index (χ3v) is 5.53. The molecule has 0 amide bonds. The molecule has 0 saturated carbocycles. The number of benzene rings is 1. The first-order valence-corrected chi connectivity index (χ1v) is 9.75. The van der Waals surface area contributed by atoms with E-state index in [9.17, 15) is 19.2 Å². The van der Waals surface area contributed by atoms with E-state index in [1.54, 1.807) is 30.5 Å². The van der Waals surface area contributed by atoms with E-state index in [2.05, 4.69) is 0 Å². The van der Waals surface area contributed by atoms with Gasteiger partial charge >= 0.3 is 5.97 Å². The van der Waals surface area contributed by atoms with Crippen molar-refractivity contribution in [3.63, 3.8) is 0 Å². The van der Waals surface area contributed by atoms with Crippen LogP contribution in [0.15, 0.2) is 35.2 Å². The number of aliphatic hydroxyl groups is 1. The van der Waals surface area contributed by atoms with Gasteiger partial charge in [0.15, 0.2) is 0 Å². The summed E-state index contributed by atoms with van der Waals surface area (Å²) in [7, 11) is -1.07. The third kappa shape index (κ3) is 3.26. The average Bonchev–Trinajstić information content (AvgIpc) is 2.76. The van der Waals surface area contributed by atoms with Crippen LogP contribution in [0.4, 0.5) is 0 Å². The normalized spacial score (nSPS) is 16.8. The summed E-state index contributed by atoms with van der Waals surface area (Å²) in [6, 6.07) is 8.79. The van der Waals surface area contributed by atoms with Crippen molar-refractivity contribution in [1.29, 1.82) is 0 Å². The van der Waals surface area contributed by atoms with E-state index >= 15 is 0 Å². The van der Waals surface area contributed by atoms with Crippen molar-refractivity contribution in [2.75, 3.05) is 6.26 Å². The van der Waals surface area contributed by atoms with Gasteiger partial charge in [-0.15, -0.1) is 0 Å². The lowest BCUT2D eigenvalue weighted by atomic mass is 10.1. The number of aliphatic carboxylic acids is 1. The molecule has 1 aliphatic rings. The zero-order valence-electron chi connectivity index (χ0n) is 14.3. The van der Waals surface area contributed by atoms with E-state index in [1.165, 1.54) is 0 Å². The maximum absolute atomic E-state index is 11.6. The Balaban J connectivity index is 2.27. The maximum atomic E-state index is 11.6. The molecular weight excluding hydrogens is 338 g/mol. The van der Waals surface area contributed by atoms with E-state index in [0.717, 1.165) is 18.4 Å². The Morgan fingerprint density at radius 2 is 1.84 bits per heavy atom. The number of carboxylic acids is 1. The first kappa shape index (κ1) is 17.5. The Morgan fingerprint density at radius 1 is 1.16 bits per heavy atom. The summed E-state index contributed by atoms with van der Waals surface area (Å²) in [6.45, 7) is 2.55. The highest BCUT2D eigenvalue weighted by Gasteiger charge is 2.18. The molecule has 2 N–H and O–H groups in total. The lowest BCUT2D eigenvalue weighted by Crippen LogP contribution is -2.31. The van der Waals surface area contributed by atoms with Gasteiger partial charge < -0.3 is 14.8 Å². The zero-order valence-corrected chi connectivity index (χ0v) is 15.1. The second kappa shape index (κ2) is 6.88. The van der Waals surface area contributed by atoms with Gasteiger partial charge in [0, 0.05) is 34.1 Å². The summed E-state index contributed by atoms with van der Waals surface area (Å²) >= 11 is 0. The van der Waals surface area contributed by atoms with Gasteiger partial charge in [0.25, 0.3) is 0 Å². The van der Waals surface area contributed by atoms with Crippen molar-refractivity contribution >= 4 is 28.1 Å². The molecule has 5 nitrogen and oxygen atoms in total. The zero-order chi connectivity index (χ0) is 18.1. The van der Waals surface area contributed by atoms with Gasteiger partial charge in [-0.1, -0.05) is 0 Å². The van der Waals surface area contributed by atoms with Crippen molar-refractivity contribution in [3.8, 4) is 0 Å². The molecule has 0 spiro atoms. The predicted octanol–water partition coefficient (Wildman–Crippen LogP) is 1.67. The number of aryl methyl sites for hydroxylation is 1. The fraction of sp³-hybridized carbons (Fsp3) is 0.316. The van der Waals surface area contributed by atoms with Crippen LogP contribution in [0.5, 0.6) is 0 Å². The fourth-order valence-corrected chi connectivity index (χ4v) is 3.86. The molecule has 0 bridgehead atoms. The second-order valence-electron chi connectivity index (χ2n) is 6.28. The van der Waals surface area contributed by atoms with Crippen molar-refractivity contribution in [1.82, 2.24) is 4.57 Å². The highest BCUT2D eigenvalue weighted by atomic mass is 32.2. The molecule has 6 heteroatoms. The molecule has 0 fully saturated rings.